The molecule has 0 saturated carbocycles. The van der Waals surface area contributed by atoms with E-state index >= 15 is 0 Å². The Balaban J connectivity index is 0.000000173. The van der Waals surface area contributed by atoms with Gasteiger partial charge in [-0.25, -0.2) is 0 Å². The molecule has 0 aromatic heterocycles. The maximum atomic E-state index is 6.97. The van der Waals surface area contributed by atoms with Crippen LogP contribution in [0.4, 0.5) is 0 Å². The Morgan fingerprint density at radius 1 is 0.480 bits per heavy atom. The summed E-state index contributed by atoms with van der Waals surface area (Å²) in [6, 6.07) is 27.9. The molecule has 0 N–H and O–H groups in total. The van der Waals surface area contributed by atoms with Crippen LogP contribution >= 0.6 is 0 Å². The molecule has 4 aromatic rings. The molecule has 0 nitrogen and oxygen atoms in total. The second-order valence-corrected chi connectivity index (χ2v) is 5.37. The Labute approximate surface area is 159 Å². The summed E-state index contributed by atoms with van der Waals surface area (Å²) < 4.78 is 0. The number of hydrogen-bond acceptors (Lipinski definition) is 0. The minimum absolute atomic E-state index is 0. The molecule has 0 unspecified atom stereocenters. The van der Waals surface area contributed by atoms with Crippen LogP contribution in [0.1, 0.15) is 11.1 Å². The van der Waals surface area contributed by atoms with E-state index < -0.39 is 0 Å². The molecule has 0 atom stereocenters. The topological polar surface area (TPSA) is 0 Å². The first-order chi connectivity index (χ1) is 11.8. The van der Waals surface area contributed by atoms with Crippen LogP contribution in [0.25, 0.3) is 21.5 Å². The van der Waals surface area contributed by atoms with Crippen LogP contribution in [0.3, 0.4) is 0 Å². The van der Waals surface area contributed by atoms with Crippen LogP contribution in [-0.4, -0.2) is 0 Å². The summed E-state index contributed by atoms with van der Waals surface area (Å²) in [4.78, 5) is 0. The molecular weight excluding hydrogens is 352 g/mol. The molecule has 0 saturated heterocycles. The van der Waals surface area contributed by atoms with Crippen molar-refractivity contribution in [2.75, 3.05) is 0 Å². The van der Waals surface area contributed by atoms with Gasteiger partial charge in [0.2, 0.25) is 0 Å². The third-order valence-corrected chi connectivity index (χ3v) is 3.79. The van der Waals surface area contributed by atoms with Gasteiger partial charge in [-0.05, 0) is 21.5 Å². The molecule has 0 aliphatic rings. The minimum Gasteiger partial charge on any atom is -0.366 e. The van der Waals surface area contributed by atoms with Gasteiger partial charge in [0.1, 0.15) is 0 Å². The van der Waals surface area contributed by atoms with Gasteiger partial charge in [0.15, 0.2) is 0 Å². The molecule has 25 heavy (non-hydrogen) atoms. The predicted molar refractivity (Wildman–Crippen MR) is 100 cm³/mol. The molecule has 0 amide bonds. The molecule has 1 heteroatoms. The largest absolute Gasteiger partial charge is 2.00 e. The van der Waals surface area contributed by atoms with E-state index in [1.165, 1.54) is 10.8 Å². The van der Waals surface area contributed by atoms with Gasteiger partial charge >= 0.3 is 17.1 Å². The van der Waals surface area contributed by atoms with Gasteiger partial charge in [-0.2, -0.15) is 0 Å². The summed E-state index contributed by atoms with van der Waals surface area (Å²) in [5, 5.41) is 4.73. The van der Waals surface area contributed by atoms with Gasteiger partial charge in [0.05, 0.1) is 0 Å². The van der Waals surface area contributed by atoms with Crippen molar-refractivity contribution in [2.24, 2.45) is 0 Å². The molecule has 0 spiro atoms. The van der Waals surface area contributed by atoms with Crippen molar-refractivity contribution in [1.29, 1.82) is 0 Å². The number of benzene rings is 4. The van der Waals surface area contributed by atoms with Crippen molar-refractivity contribution < 1.29 is 17.1 Å². The zero-order chi connectivity index (χ0) is 16.8. The van der Waals surface area contributed by atoms with Gasteiger partial charge in [0, 0.05) is 0 Å². The molecule has 0 fully saturated rings. The number of fused-ring (bicyclic) bond motifs is 2. The number of rotatable bonds is 0. The molecule has 1 radical (unpaired) electrons. The molecule has 4 aromatic carbocycles. The summed E-state index contributed by atoms with van der Waals surface area (Å²) in [7, 11) is 0. The van der Waals surface area contributed by atoms with E-state index in [2.05, 4.69) is 24.0 Å². The van der Waals surface area contributed by atoms with Crippen LogP contribution in [0.15, 0.2) is 84.9 Å². The van der Waals surface area contributed by atoms with E-state index in [1.54, 1.807) is 0 Å². The summed E-state index contributed by atoms with van der Waals surface area (Å²) in [5.41, 5.74) is 1.66. The quantitative estimate of drug-likeness (QED) is 0.217. The van der Waals surface area contributed by atoms with Crippen LogP contribution < -0.4 is 0 Å². The van der Waals surface area contributed by atoms with Gasteiger partial charge in [-0.3, -0.25) is 11.8 Å². The minimum atomic E-state index is 0. The van der Waals surface area contributed by atoms with E-state index in [1.807, 2.05) is 72.8 Å². The summed E-state index contributed by atoms with van der Waals surface area (Å²) in [6.07, 6.45) is 13.9. The summed E-state index contributed by atoms with van der Waals surface area (Å²) >= 11 is 0. The van der Waals surface area contributed by atoms with Gasteiger partial charge in [-0.1, -0.05) is 60.7 Å². The van der Waals surface area contributed by atoms with E-state index in [-0.39, 0.29) is 17.1 Å². The number of hydrogen-bond donors (Lipinski definition) is 0. The van der Waals surface area contributed by atoms with Crippen molar-refractivity contribution in [1.82, 2.24) is 0 Å². The van der Waals surface area contributed by atoms with Crippen molar-refractivity contribution in [3.8, 4) is 11.8 Å². The molecule has 0 heterocycles. The SMILES string of the molecule is [C-]#Cc1ccc2ccccc2c1.[C-]#Cc1ccc2ccccc2c1.[Cu+2]. The van der Waals surface area contributed by atoms with Crippen LogP contribution in [-0.2, 0) is 17.1 Å². The van der Waals surface area contributed by atoms with Crippen LogP contribution in [0.5, 0.6) is 0 Å². The van der Waals surface area contributed by atoms with E-state index in [4.69, 9.17) is 12.8 Å². The Morgan fingerprint density at radius 2 is 0.840 bits per heavy atom. The molecule has 0 aliphatic carbocycles. The monoisotopic (exact) mass is 365 g/mol. The molecule has 4 rings (SSSR count). The van der Waals surface area contributed by atoms with Crippen molar-refractivity contribution >= 4 is 21.5 Å². The van der Waals surface area contributed by atoms with E-state index in [9.17, 15) is 0 Å². The van der Waals surface area contributed by atoms with Gasteiger partial charge in [0.25, 0.3) is 0 Å². The van der Waals surface area contributed by atoms with Crippen molar-refractivity contribution in [3.05, 3.63) is 109 Å². The third kappa shape index (κ3) is 4.53. The third-order valence-electron chi connectivity index (χ3n) is 3.79. The zero-order valence-electron chi connectivity index (χ0n) is 13.4. The second kappa shape index (κ2) is 8.77. The Kier molecular flexibility index (Phi) is 6.45. The molecular formula is C24H14Cu. The Bertz CT molecular complexity index is 989. The van der Waals surface area contributed by atoms with Crippen molar-refractivity contribution in [3.63, 3.8) is 0 Å². The summed E-state index contributed by atoms with van der Waals surface area (Å²) in [5.74, 6) is 4.74. The zero-order valence-corrected chi connectivity index (χ0v) is 14.3. The fourth-order valence-electron chi connectivity index (χ4n) is 2.53. The molecule has 0 bridgehead atoms. The molecule has 0 aliphatic heterocycles. The maximum absolute atomic E-state index is 6.97. The van der Waals surface area contributed by atoms with Crippen molar-refractivity contribution in [2.45, 2.75) is 0 Å². The fourth-order valence-corrected chi connectivity index (χ4v) is 2.53. The first kappa shape index (κ1) is 18.4. The standard InChI is InChI=1S/2C12H7.Cu/c2*1-2-10-7-8-11-5-3-4-6-12(11)9-10;/h2*3-9H;/q2*-1;+2. The van der Waals surface area contributed by atoms with Gasteiger partial charge < -0.3 is 12.8 Å². The first-order valence-electron chi connectivity index (χ1n) is 7.63. The molecule has 121 valence electrons. The average Bonchev–Trinajstić information content (AvgIpc) is 2.67. The van der Waals surface area contributed by atoms with Crippen LogP contribution in [0.2, 0.25) is 0 Å². The van der Waals surface area contributed by atoms with E-state index in [0.29, 0.717) is 0 Å². The summed E-state index contributed by atoms with van der Waals surface area (Å²) in [6.45, 7) is 0. The Hall–Kier alpha value is -2.96. The Morgan fingerprint density at radius 3 is 1.20 bits per heavy atom. The predicted octanol–water partition coefficient (Wildman–Crippen LogP) is 5.55. The average molecular weight is 366 g/mol. The first-order valence-corrected chi connectivity index (χ1v) is 7.63. The normalized spacial score (nSPS) is 9.20. The smallest absolute Gasteiger partial charge is 0.366 e. The van der Waals surface area contributed by atoms with Gasteiger partial charge in [-0.15, -0.1) is 35.4 Å². The van der Waals surface area contributed by atoms with Crippen LogP contribution in [0, 0.1) is 24.7 Å². The fraction of sp³-hybridized carbons (Fsp3) is 0. The maximum Gasteiger partial charge on any atom is 2.00 e. The van der Waals surface area contributed by atoms with E-state index in [0.717, 1.165) is 21.9 Å². The second-order valence-electron chi connectivity index (χ2n) is 5.37.